The number of esters is 3. The second-order valence-corrected chi connectivity index (χ2v) is 6.19. The molecule has 9 heteroatoms. The van der Waals surface area contributed by atoms with Crippen molar-refractivity contribution in [2.24, 2.45) is 0 Å². The minimum Gasteiger partial charge on any atom is -0.462 e. The van der Waals surface area contributed by atoms with E-state index in [1.54, 1.807) is 26.8 Å². The van der Waals surface area contributed by atoms with Crippen molar-refractivity contribution in [1.29, 1.82) is 0 Å². The lowest BCUT2D eigenvalue weighted by Gasteiger charge is -2.07. The fraction of sp³-hybridized carbons (Fsp3) is 0.444. The maximum atomic E-state index is 12.2. The van der Waals surface area contributed by atoms with E-state index in [1.165, 1.54) is 6.08 Å². The topological polar surface area (TPSA) is 108 Å². The summed E-state index contributed by atoms with van der Waals surface area (Å²) in [5.74, 6) is -2.55. The van der Waals surface area contributed by atoms with Gasteiger partial charge >= 0.3 is 17.9 Å². The molecule has 0 saturated carbocycles. The SMILES string of the molecule is CC/C=C/C(=O)OCC(=O)Nc1sc(C(=O)OCC)c(C)c1C(=O)OCC. The maximum absolute atomic E-state index is 12.2. The molecule has 0 fully saturated rings. The summed E-state index contributed by atoms with van der Waals surface area (Å²) >= 11 is 0.903. The summed E-state index contributed by atoms with van der Waals surface area (Å²) in [5, 5.41) is 2.63. The van der Waals surface area contributed by atoms with Gasteiger partial charge in [-0.25, -0.2) is 14.4 Å². The van der Waals surface area contributed by atoms with E-state index in [2.05, 4.69) is 5.32 Å². The quantitative estimate of drug-likeness (QED) is 0.388. The number of hydrogen-bond donors (Lipinski definition) is 1. The van der Waals surface area contributed by atoms with Crippen LogP contribution in [0.2, 0.25) is 0 Å². The van der Waals surface area contributed by atoms with Crippen LogP contribution in [0.3, 0.4) is 0 Å². The Labute approximate surface area is 161 Å². The third-order valence-electron chi connectivity index (χ3n) is 3.18. The molecule has 0 aliphatic rings. The number of ether oxygens (including phenoxy) is 3. The Kier molecular flexibility index (Phi) is 9.21. The van der Waals surface area contributed by atoms with Crippen LogP contribution < -0.4 is 5.32 Å². The van der Waals surface area contributed by atoms with Gasteiger partial charge in [0.05, 0.1) is 18.8 Å². The van der Waals surface area contributed by atoms with E-state index in [0.717, 1.165) is 11.3 Å². The lowest BCUT2D eigenvalue weighted by atomic mass is 10.1. The van der Waals surface area contributed by atoms with Crippen molar-refractivity contribution in [2.45, 2.75) is 34.1 Å². The van der Waals surface area contributed by atoms with E-state index in [4.69, 9.17) is 14.2 Å². The Balaban J connectivity index is 3.00. The average Bonchev–Trinajstić information content (AvgIpc) is 2.94. The number of nitrogens with one attached hydrogen (secondary N) is 1. The highest BCUT2D eigenvalue weighted by molar-refractivity contribution is 7.18. The molecule has 1 amide bonds. The molecular formula is C18H23NO7S. The van der Waals surface area contributed by atoms with Crippen molar-refractivity contribution in [3.8, 4) is 0 Å². The molecule has 0 bridgehead atoms. The number of carbonyl (C=O) groups excluding carboxylic acids is 4. The first-order chi connectivity index (χ1) is 12.8. The van der Waals surface area contributed by atoms with Gasteiger partial charge in [-0.05, 0) is 32.8 Å². The van der Waals surface area contributed by atoms with Gasteiger partial charge in [0.2, 0.25) is 0 Å². The van der Waals surface area contributed by atoms with Crippen LogP contribution in [-0.2, 0) is 23.8 Å². The number of amides is 1. The average molecular weight is 397 g/mol. The first-order valence-corrected chi connectivity index (χ1v) is 9.27. The second kappa shape index (κ2) is 11.1. The smallest absolute Gasteiger partial charge is 0.348 e. The van der Waals surface area contributed by atoms with Gasteiger partial charge in [0, 0.05) is 6.08 Å². The number of thiophene rings is 1. The predicted molar refractivity (Wildman–Crippen MR) is 100.0 cm³/mol. The van der Waals surface area contributed by atoms with Gasteiger partial charge in [0.1, 0.15) is 9.88 Å². The lowest BCUT2D eigenvalue weighted by molar-refractivity contribution is -0.142. The normalized spacial score (nSPS) is 10.5. The van der Waals surface area contributed by atoms with Gasteiger partial charge < -0.3 is 19.5 Å². The molecule has 1 aromatic heterocycles. The molecule has 0 aliphatic heterocycles. The molecule has 0 saturated heterocycles. The number of rotatable bonds is 9. The van der Waals surface area contributed by atoms with Gasteiger partial charge in [0.25, 0.3) is 5.91 Å². The molecule has 0 atom stereocenters. The molecule has 0 aliphatic carbocycles. The van der Waals surface area contributed by atoms with Crippen molar-refractivity contribution in [1.82, 2.24) is 0 Å². The molecule has 1 N–H and O–H groups in total. The summed E-state index contributed by atoms with van der Waals surface area (Å²) in [6.45, 7) is 6.52. The third kappa shape index (κ3) is 6.52. The largest absolute Gasteiger partial charge is 0.462 e. The van der Waals surface area contributed by atoms with Gasteiger partial charge in [-0.3, -0.25) is 4.79 Å². The van der Waals surface area contributed by atoms with Crippen LogP contribution in [0.15, 0.2) is 12.2 Å². The first kappa shape index (κ1) is 22.4. The zero-order chi connectivity index (χ0) is 20.4. The molecule has 0 aromatic carbocycles. The van der Waals surface area contributed by atoms with Crippen LogP contribution in [-0.4, -0.2) is 43.6 Å². The minimum absolute atomic E-state index is 0.0791. The molecule has 1 heterocycles. The highest BCUT2D eigenvalue weighted by atomic mass is 32.1. The van der Waals surface area contributed by atoms with Crippen molar-refractivity contribution < 1.29 is 33.4 Å². The van der Waals surface area contributed by atoms with Crippen LogP contribution in [0, 0.1) is 6.92 Å². The van der Waals surface area contributed by atoms with Crippen LogP contribution in [0.1, 0.15) is 52.8 Å². The zero-order valence-corrected chi connectivity index (χ0v) is 16.6. The van der Waals surface area contributed by atoms with Crippen molar-refractivity contribution in [3.05, 3.63) is 28.2 Å². The Bertz CT molecular complexity index is 736. The minimum atomic E-state index is -0.667. The molecule has 8 nitrogen and oxygen atoms in total. The molecule has 27 heavy (non-hydrogen) atoms. The standard InChI is InChI=1S/C18H23NO7S/c1-5-8-9-13(21)26-10-12(20)19-16-14(17(22)24-6-2)11(4)15(27-16)18(23)25-7-3/h8-9H,5-7,10H2,1-4H3,(H,19,20)/b9-8+. The molecular weight excluding hydrogens is 374 g/mol. The Morgan fingerprint density at radius 2 is 1.63 bits per heavy atom. The van der Waals surface area contributed by atoms with Gasteiger partial charge in [-0.15, -0.1) is 11.3 Å². The molecule has 0 spiro atoms. The monoisotopic (exact) mass is 397 g/mol. The molecule has 0 unspecified atom stereocenters. The number of carbonyl (C=O) groups is 4. The molecule has 148 valence electrons. The van der Waals surface area contributed by atoms with Crippen LogP contribution in [0.5, 0.6) is 0 Å². The van der Waals surface area contributed by atoms with Crippen molar-refractivity contribution in [3.63, 3.8) is 0 Å². The van der Waals surface area contributed by atoms with Crippen LogP contribution in [0.4, 0.5) is 5.00 Å². The first-order valence-electron chi connectivity index (χ1n) is 8.46. The van der Waals surface area contributed by atoms with Gasteiger partial charge in [0.15, 0.2) is 6.61 Å². The lowest BCUT2D eigenvalue weighted by Crippen LogP contribution is -2.21. The van der Waals surface area contributed by atoms with Crippen LogP contribution in [0.25, 0.3) is 0 Å². The van der Waals surface area contributed by atoms with E-state index < -0.39 is 30.4 Å². The number of allylic oxidation sites excluding steroid dienone is 1. The van der Waals surface area contributed by atoms with E-state index in [0.29, 0.717) is 12.0 Å². The highest BCUT2D eigenvalue weighted by Crippen LogP contribution is 2.34. The summed E-state index contributed by atoms with van der Waals surface area (Å²) < 4.78 is 14.8. The van der Waals surface area contributed by atoms with E-state index in [9.17, 15) is 19.2 Å². The fourth-order valence-electron chi connectivity index (χ4n) is 2.00. The zero-order valence-electron chi connectivity index (χ0n) is 15.7. The van der Waals surface area contributed by atoms with E-state index >= 15 is 0 Å². The maximum Gasteiger partial charge on any atom is 0.348 e. The summed E-state index contributed by atoms with van der Waals surface area (Å²) in [5.41, 5.74) is 0.436. The van der Waals surface area contributed by atoms with Gasteiger partial charge in [-0.1, -0.05) is 13.0 Å². The van der Waals surface area contributed by atoms with Crippen LogP contribution >= 0.6 is 11.3 Å². The van der Waals surface area contributed by atoms with Crippen molar-refractivity contribution >= 4 is 40.2 Å². The summed E-state index contributed by atoms with van der Waals surface area (Å²) in [4.78, 5) is 48.0. The van der Waals surface area contributed by atoms with E-state index in [-0.39, 0.29) is 28.7 Å². The fourth-order valence-corrected chi connectivity index (χ4v) is 3.11. The Hall–Kier alpha value is -2.68. The molecule has 1 rings (SSSR count). The predicted octanol–water partition coefficient (Wildman–Crippen LogP) is 2.86. The highest BCUT2D eigenvalue weighted by Gasteiger charge is 2.27. The summed E-state index contributed by atoms with van der Waals surface area (Å²) in [6, 6.07) is 0. The number of hydrogen-bond acceptors (Lipinski definition) is 8. The Morgan fingerprint density at radius 3 is 2.22 bits per heavy atom. The number of anilines is 1. The Morgan fingerprint density at radius 1 is 1.00 bits per heavy atom. The van der Waals surface area contributed by atoms with E-state index in [1.807, 2.05) is 6.92 Å². The third-order valence-corrected chi connectivity index (χ3v) is 4.36. The molecule has 0 radical (unpaired) electrons. The second-order valence-electron chi connectivity index (χ2n) is 5.17. The molecule has 1 aromatic rings. The summed E-state index contributed by atoms with van der Waals surface area (Å²) in [7, 11) is 0. The van der Waals surface area contributed by atoms with Crippen molar-refractivity contribution in [2.75, 3.05) is 25.1 Å². The van der Waals surface area contributed by atoms with Gasteiger partial charge in [-0.2, -0.15) is 0 Å². The summed E-state index contributed by atoms with van der Waals surface area (Å²) in [6.07, 6.45) is 3.49.